The molecular weight excluding hydrogens is 394 g/mol. The normalized spacial score (nSPS) is 30.7. The van der Waals surface area contributed by atoms with Crippen LogP contribution in [0, 0.1) is 0 Å². The summed E-state index contributed by atoms with van der Waals surface area (Å²) in [6.07, 6.45) is 7.67. The van der Waals surface area contributed by atoms with Crippen LogP contribution in [0.3, 0.4) is 0 Å². The van der Waals surface area contributed by atoms with Gasteiger partial charge in [-0.2, -0.15) is 5.10 Å². The van der Waals surface area contributed by atoms with Crippen LogP contribution in [0.5, 0.6) is 0 Å². The molecule has 6 heterocycles. The summed E-state index contributed by atoms with van der Waals surface area (Å²) in [6.45, 7) is 8.24. The van der Waals surface area contributed by atoms with Crippen LogP contribution in [0.4, 0.5) is 5.82 Å². The molecule has 0 spiro atoms. The average Bonchev–Trinajstić information content (AvgIpc) is 3.36. The Morgan fingerprint density at radius 1 is 1.00 bits per heavy atom. The summed E-state index contributed by atoms with van der Waals surface area (Å²) >= 11 is 0. The van der Waals surface area contributed by atoms with Crippen LogP contribution in [-0.4, -0.2) is 77.9 Å². The molecule has 0 N–H and O–H groups in total. The molecule has 4 unspecified atom stereocenters. The summed E-state index contributed by atoms with van der Waals surface area (Å²) < 4.78 is 19.6. The SMILES string of the molecule is CC(c1cc(N2C3CCC2COC3)nc2c1cnn2C1CCCCO1)N1CCOCC1. The van der Waals surface area contributed by atoms with Crippen LogP contribution in [0.1, 0.15) is 56.9 Å². The van der Waals surface area contributed by atoms with E-state index in [0.29, 0.717) is 12.1 Å². The first-order valence-corrected chi connectivity index (χ1v) is 12.0. The van der Waals surface area contributed by atoms with E-state index in [1.165, 1.54) is 24.8 Å². The Labute approximate surface area is 183 Å². The van der Waals surface area contributed by atoms with Crippen LogP contribution >= 0.6 is 0 Å². The first-order chi connectivity index (χ1) is 15.3. The third-order valence-corrected chi connectivity index (χ3v) is 7.56. The molecule has 0 aromatic carbocycles. The van der Waals surface area contributed by atoms with Crippen molar-refractivity contribution in [2.75, 3.05) is 51.0 Å². The second-order valence-electron chi connectivity index (χ2n) is 9.37. The molecule has 4 fully saturated rings. The van der Waals surface area contributed by atoms with Crippen LogP contribution in [0.2, 0.25) is 0 Å². The van der Waals surface area contributed by atoms with Crippen LogP contribution < -0.4 is 4.90 Å². The lowest BCUT2D eigenvalue weighted by Crippen LogP contribution is -2.46. The standard InChI is InChI=1S/C23H33N5O3/c1-16(26-7-10-29-11-8-26)19-12-21(27-17-5-6-18(27)15-30-14-17)25-23-20(19)13-24-28(23)22-4-2-3-9-31-22/h12-13,16-18,22H,2-11,14-15H2,1H3. The number of nitrogens with zero attached hydrogens (tertiary/aromatic N) is 5. The Bertz CT molecular complexity index is 905. The van der Waals surface area contributed by atoms with Gasteiger partial charge in [0.2, 0.25) is 0 Å². The summed E-state index contributed by atoms with van der Waals surface area (Å²) in [7, 11) is 0. The van der Waals surface area contributed by atoms with Crippen LogP contribution in [-0.2, 0) is 14.2 Å². The van der Waals surface area contributed by atoms with E-state index < -0.39 is 0 Å². The highest BCUT2D eigenvalue weighted by Gasteiger charge is 2.39. The molecule has 4 saturated heterocycles. The Balaban J connectivity index is 1.45. The molecular formula is C23H33N5O3. The highest BCUT2D eigenvalue weighted by molar-refractivity contribution is 5.82. The van der Waals surface area contributed by atoms with E-state index >= 15 is 0 Å². The van der Waals surface area contributed by atoms with E-state index in [2.05, 4.69) is 22.8 Å². The highest BCUT2D eigenvalue weighted by Crippen LogP contribution is 2.38. The van der Waals surface area contributed by atoms with Gasteiger partial charge in [-0.25, -0.2) is 9.67 Å². The predicted molar refractivity (Wildman–Crippen MR) is 117 cm³/mol. The van der Waals surface area contributed by atoms with Gasteiger partial charge in [-0.05, 0) is 50.7 Å². The highest BCUT2D eigenvalue weighted by atomic mass is 16.5. The number of fused-ring (bicyclic) bond motifs is 3. The van der Waals surface area contributed by atoms with Gasteiger partial charge in [-0.15, -0.1) is 0 Å². The minimum Gasteiger partial charge on any atom is -0.379 e. The number of hydrogen-bond donors (Lipinski definition) is 0. The number of rotatable bonds is 4. The summed E-state index contributed by atoms with van der Waals surface area (Å²) in [6, 6.07) is 3.47. The van der Waals surface area contributed by atoms with E-state index in [-0.39, 0.29) is 12.3 Å². The molecule has 4 aliphatic rings. The second-order valence-corrected chi connectivity index (χ2v) is 9.37. The van der Waals surface area contributed by atoms with Crippen molar-refractivity contribution in [2.45, 2.75) is 63.4 Å². The minimum atomic E-state index is -0.0121. The van der Waals surface area contributed by atoms with E-state index in [1.54, 1.807) is 0 Å². The lowest BCUT2D eigenvalue weighted by Gasteiger charge is -2.37. The number of aromatic nitrogens is 3. The molecule has 2 aromatic heterocycles. The van der Waals surface area contributed by atoms with E-state index in [4.69, 9.17) is 24.3 Å². The zero-order valence-corrected chi connectivity index (χ0v) is 18.4. The van der Waals surface area contributed by atoms with Gasteiger partial charge in [-0.3, -0.25) is 4.90 Å². The molecule has 2 bridgehead atoms. The van der Waals surface area contributed by atoms with Gasteiger partial charge < -0.3 is 19.1 Å². The van der Waals surface area contributed by atoms with Gasteiger partial charge in [0.15, 0.2) is 11.9 Å². The van der Waals surface area contributed by atoms with Crippen molar-refractivity contribution < 1.29 is 14.2 Å². The fourth-order valence-electron chi connectivity index (χ4n) is 5.80. The fraction of sp³-hybridized carbons (Fsp3) is 0.739. The first kappa shape index (κ1) is 19.9. The van der Waals surface area contributed by atoms with Gasteiger partial charge in [0.25, 0.3) is 0 Å². The van der Waals surface area contributed by atoms with Crippen molar-refractivity contribution in [3.05, 3.63) is 17.8 Å². The zero-order valence-electron chi connectivity index (χ0n) is 18.4. The van der Waals surface area contributed by atoms with Crippen LogP contribution in [0.25, 0.3) is 11.0 Å². The smallest absolute Gasteiger partial charge is 0.163 e. The van der Waals surface area contributed by atoms with E-state index in [9.17, 15) is 0 Å². The lowest BCUT2D eigenvalue weighted by molar-refractivity contribution is -0.0370. The van der Waals surface area contributed by atoms with Crippen LogP contribution in [0.15, 0.2) is 12.3 Å². The molecule has 0 aliphatic carbocycles. The summed E-state index contributed by atoms with van der Waals surface area (Å²) in [5.74, 6) is 1.08. The van der Waals surface area contributed by atoms with E-state index in [0.717, 1.165) is 75.8 Å². The van der Waals surface area contributed by atoms with Crippen molar-refractivity contribution in [1.82, 2.24) is 19.7 Å². The fourth-order valence-corrected chi connectivity index (χ4v) is 5.80. The van der Waals surface area contributed by atoms with Gasteiger partial charge in [0.1, 0.15) is 5.82 Å². The maximum atomic E-state index is 6.09. The lowest BCUT2D eigenvalue weighted by atomic mass is 10.0. The zero-order chi connectivity index (χ0) is 20.8. The Kier molecular flexibility index (Phi) is 5.34. The van der Waals surface area contributed by atoms with Gasteiger partial charge in [0.05, 0.1) is 44.7 Å². The molecule has 2 aromatic rings. The summed E-state index contributed by atoms with van der Waals surface area (Å²) in [5.41, 5.74) is 2.28. The molecule has 0 saturated carbocycles. The molecule has 8 nitrogen and oxygen atoms in total. The maximum absolute atomic E-state index is 6.09. The molecule has 31 heavy (non-hydrogen) atoms. The van der Waals surface area contributed by atoms with Crippen molar-refractivity contribution in [3.8, 4) is 0 Å². The topological polar surface area (TPSA) is 64.9 Å². The van der Waals surface area contributed by atoms with Crippen molar-refractivity contribution in [2.24, 2.45) is 0 Å². The number of anilines is 1. The third kappa shape index (κ3) is 3.53. The third-order valence-electron chi connectivity index (χ3n) is 7.56. The van der Waals surface area contributed by atoms with Crippen molar-refractivity contribution in [3.63, 3.8) is 0 Å². The average molecular weight is 428 g/mol. The van der Waals surface area contributed by atoms with E-state index in [1.807, 2.05) is 10.9 Å². The quantitative estimate of drug-likeness (QED) is 0.743. The molecule has 168 valence electrons. The van der Waals surface area contributed by atoms with Gasteiger partial charge >= 0.3 is 0 Å². The number of morpholine rings is 2. The Morgan fingerprint density at radius 3 is 2.55 bits per heavy atom. The number of hydrogen-bond acceptors (Lipinski definition) is 7. The molecule has 0 amide bonds. The molecule has 0 radical (unpaired) electrons. The summed E-state index contributed by atoms with van der Waals surface area (Å²) in [5, 5.41) is 5.94. The van der Waals surface area contributed by atoms with Crippen molar-refractivity contribution >= 4 is 16.9 Å². The minimum absolute atomic E-state index is 0.0121. The Hall–Kier alpha value is -1.74. The molecule has 4 atom stereocenters. The molecule has 4 aliphatic heterocycles. The molecule has 6 rings (SSSR count). The number of pyridine rings is 1. The van der Waals surface area contributed by atoms with Gasteiger partial charge in [-0.1, -0.05) is 0 Å². The predicted octanol–water partition coefficient (Wildman–Crippen LogP) is 2.89. The van der Waals surface area contributed by atoms with Crippen molar-refractivity contribution in [1.29, 1.82) is 0 Å². The maximum Gasteiger partial charge on any atom is 0.163 e. The Morgan fingerprint density at radius 2 is 1.81 bits per heavy atom. The molecule has 8 heteroatoms. The monoisotopic (exact) mass is 427 g/mol. The summed E-state index contributed by atoms with van der Waals surface area (Å²) in [4.78, 5) is 10.3. The largest absolute Gasteiger partial charge is 0.379 e. The first-order valence-electron chi connectivity index (χ1n) is 12.0. The second kappa shape index (κ2) is 8.31. The van der Waals surface area contributed by atoms with Gasteiger partial charge in [0, 0.05) is 31.1 Å². The number of ether oxygens (including phenoxy) is 3.